The van der Waals surface area contributed by atoms with Crippen LogP contribution in [-0.4, -0.2) is 31.7 Å². The van der Waals surface area contributed by atoms with E-state index in [1.807, 2.05) is 16.7 Å². The maximum Gasteiger partial charge on any atom is 0.253 e. The zero-order valence-electron chi connectivity index (χ0n) is 17.2. The average Bonchev–Trinajstić information content (AvgIpc) is 3.18. The number of nitrogens with one attached hydrogen (secondary N) is 2. The van der Waals surface area contributed by atoms with Crippen molar-refractivity contribution in [2.24, 2.45) is 5.14 Å². The maximum atomic E-state index is 12.2. The Hall–Kier alpha value is -3.54. The Labute approximate surface area is 183 Å². The van der Waals surface area contributed by atoms with Gasteiger partial charge in [0.25, 0.3) is 10.9 Å². The molecule has 4 rings (SSSR count). The molecule has 4 aromatic rings. The van der Waals surface area contributed by atoms with Crippen molar-refractivity contribution in [3.05, 3.63) is 74.8 Å². The molecule has 1 heterocycles. The number of nitrogens with two attached hydrogens (primary N) is 1. The highest BCUT2D eigenvalue weighted by molar-refractivity contribution is 7.89. The number of primary sulfonamides is 1. The Morgan fingerprint density at radius 2 is 1.88 bits per heavy atom. The minimum absolute atomic E-state index is 0.0291. The molecular weight excluding hydrogens is 434 g/mol. The lowest BCUT2D eigenvalue weighted by Gasteiger charge is -2.15. The highest BCUT2D eigenvalue weighted by Gasteiger charge is 2.21. The largest absolute Gasteiger partial charge is 0.383 e. The minimum Gasteiger partial charge on any atom is -0.383 e. The second kappa shape index (κ2) is 8.54. The SMILES string of the molecule is COCCn1cnc2ccc(Nc3c(NCc4cccc(S(N)(=O)=O)c4)c(=O)c3=O)cc21. The highest BCUT2D eigenvalue weighted by atomic mass is 32.2. The monoisotopic (exact) mass is 455 g/mol. The van der Waals surface area contributed by atoms with Gasteiger partial charge in [-0.15, -0.1) is 0 Å². The predicted octanol–water partition coefficient (Wildman–Crippen LogP) is 1.28. The third-order valence-corrected chi connectivity index (χ3v) is 5.94. The first-order chi connectivity index (χ1) is 15.3. The predicted molar refractivity (Wildman–Crippen MR) is 121 cm³/mol. The molecule has 0 spiro atoms. The van der Waals surface area contributed by atoms with Gasteiger partial charge in [0.1, 0.15) is 11.4 Å². The first-order valence-corrected chi connectivity index (χ1v) is 11.2. The third-order valence-electron chi connectivity index (χ3n) is 5.03. The summed E-state index contributed by atoms with van der Waals surface area (Å²) in [7, 11) is -2.21. The summed E-state index contributed by atoms with van der Waals surface area (Å²) in [6.45, 7) is 1.30. The van der Waals surface area contributed by atoms with Crippen molar-refractivity contribution >= 4 is 38.1 Å². The van der Waals surface area contributed by atoms with E-state index in [9.17, 15) is 18.0 Å². The standard InChI is InChI=1S/C21H21N5O5S/c1-31-8-7-26-12-24-16-6-5-14(10-17(16)26)25-19-18(20(27)21(19)28)23-11-13-3-2-4-15(9-13)32(22,29)30/h2-6,9-10,12,23,25H,7-8,11H2,1H3,(H2,22,29,30). The van der Waals surface area contributed by atoms with Gasteiger partial charge in [0.05, 0.1) is 28.9 Å². The zero-order chi connectivity index (χ0) is 22.9. The molecule has 0 saturated carbocycles. The number of anilines is 3. The molecule has 1 aromatic heterocycles. The fraction of sp³-hybridized carbons (Fsp3) is 0.190. The molecule has 0 bridgehead atoms. The molecule has 32 heavy (non-hydrogen) atoms. The van der Waals surface area contributed by atoms with Gasteiger partial charge in [-0.25, -0.2) is 18.5 Å². The molecule has 0 aliphatic rings. The van der Waals surface area contributed by atoms with Gasteiger partial charge in [0.2, 0.25) is 10.0 Å². The number of aromatic nitrogens is 2. The number of sulfonamides is 1. The van der Waals surface area contributed by atoms with Gasteiger partial charge in [0, 0.05) is 25.9 Å². The summed E-state index contributed by atoms with van der Waals surface area (Å²) in [6.07, 6.45) is 1.72. The lowest BCUT2D eigenvalue weighted by atomic mass is 10.1. The molecule has 0 amide bonds. The molecule has 0 radical (unpaired) electrons. The molecule has 3 aromatic carbocycles. The summed E-state index contributed by atoms with van der Waals surface area (Å²) >= 11 is 0. The number of rotatable bonds is 9. The molecule has 4 N–H and O–H groups in total. The first-order valence-electron chi connectivity index (χ1n) is 9.67. The third kappa shape index (κ3) is 4.26. The van der Waals surface area contributed by atoms with Crippen LogP contribution in [0.5, 0.6) is 0 Å². The van der Waals surface area contributed by atoms with E-state index >= 15 is 0 Å². The summed E-state index contributed by atoms with van der Waals surface area (Å²) < 4.78 is 30.1. The molecule has 11 heteroatoms. The highest BCUT2D eigenvalue weighted by Crippen LogP contribution is 2.25. The van der Waals surface area contributed by atoms with Crippen LogP contribution in [-0.2, 0) is 27.8 Å². The Morgan fingerprint density at radius 1 is 1.09 bits per heavy atom. The van der Waals surface area contributed by atoms with Gasteiger partial charge in [-0.2, -0.15) is 0 Å². The summed E-state index contributed by atoms with van der Waals surface area (Å²) in [5.41, 5.74) is 1.91. The van der Waals surface area contributed by atoms with Crippen LogP contribution in [0.3, 0.4) is 0 Å². The van der Waals surface area contributed by atoms with Crippen molar-refractivity contribution < 1.29 is 13.2 Å². The Kier molecular flexibility index (Phi) is 5.78. The van der Waals surface area contributed by atoms with E-state index in [1.54, 1.807) is 31.6 Å². The lowest BCUT2D eigenvalue weighted by Crippen LogP contribution is -2.36. The van der Waals surface area contributed by atoms with Gasteiger partial charge in [-0.05, 0) is 35.9 Å². The lowest BCUT2D eigenvalue weighted by molar-refractivity contribution is 0.188. The summed E-state index contributed by atoms with van der Waals surface area (Å²) in [6, 6.07) is 11.5. The van der Waals surface area contributed by atoms with Crippen LogP contribution >= 0.6 is 0 Å². The fourth-order valence-electron chi connectivity index (χ4n) is 3.35. The van der Waals surface area contributed by atoms with E-state index in [2.05, 4.69) is 15.6 Å². The van der Waals surface area contributed by atoms with Crippen molar-refractivity contribution in [3.63, 3.8) is 0 Å². The van der Waals surface area contributed by atoms with Crippen molar-refractivity contribution in [3.8, 4) is 0 Å². The van der Waals surface area contributed by atoms with E-state index in [0.717, 1.165) is 11.0 Å². The number of ether oxygens (including phenoxy) is 1. The number of nitrogens with zero attached hydrogens (tertiary/aromatic N) is 2. The molecule has 0 unspecified atom stereocenters. The van der Waals surface area contributed by atoms with Crippen LogP contribution in [0, 0.1) is 0 Å². The van der Waals surface area contributed by atoms with Crippen molar-refractivity contribution in [2.75, 3.05) is 24.4 Å². The van der Waals surface area contributed by atoms with Crippen LogP contribution in [0.2, 0.25) is 0 Å². The molecule has 0 aliphatic heterocycles. The van der Waals surface area contributed by atoms with Crippen LogP contribution in [0.25, 0.3) is 11.0 Å². The quantitative estimate of drug-likeness (QED) is 0.320. The number of fused-ring (bicyclic) bond motifs is 1. The van der Waals surface area contributed by atoms with Gasteiger partial charge >= 0.3 is 0 Å². The van der Waals surface area contributed by atoms with E-state index < -0.39 is 20.9 Å². The summed E-state index contributed by atoms with van der Waals surface area (Å²) in [5.74, 6) is 0. The Balaban J connectivity index is 1.54. The van der Waals surface area contributed by atoms with Crippen LogP contribution < -0.4 is 26.6 Å². The summed E-state index contributed by atoms with van der Waals surface area (Å²) in [5, 5.41) is 11.1. The van der Waals surface area contributed by atoms with Crippen molar-refractivity contribution in [2.45, 2.75) is 18.0 Å². The number of hydrogen-bond acceptors (Lipinski definition) is 8. The second-order valence-electron chi connectivity index (χ2n) is 7.21. The normalized spacial score (nSPS) is 11.8. The van der Waals surface area contributed by atoms with Crippen molar-refractivity contribution in [1.29, 1.82) is 0 Å². The molecule has 0 fully saturated rings. The first kappa shape index (κ1) is 21.7. The molecular formula is C21H21N5O5S. The molecule has 166 valence electrons. The fourth-order valence-corrected chi connectivity index (χ4v) is 3.93. The Bertz CT molecular complexity index is 1470. The minimum atomic E-state index is -3.84. The van der Waals surface area contributed by atoms with Crippen LogP contribution in [0.1, 0.15) is 5.56 Å². The molecule has 0 aliphatic carbocycles. The van der Waals surface area contributed by atoms with Crippen LogP contribution in [0.15, 0.2) is 63.3 Å². The van der Waals surface area contributed by atoms with Gasteiger partial charge in [-0.1, -0.05) is 12.1 Å². The number of imidazole rings is 1. The average molecular weight is 455 g/mol. The topological polar surface area (TPSA) is 145 Å². The van der Waals surface area contributed by atoms with E-state index in [1.165, 1.54) is 12.1 Å². The summed E-state index contributed by atoms with van der Waals surface area (Å²) in [4.78, 5) is 28.6. The van der Waals surface area contributed by atoms with Gasteiger partial charge < -0.3 is 19.9 Å². The van der Waals surface area contributed by atoms with E-state index in [4.69, 9.17) is 9.88 Å². The van der Waals surface area contributed by atoms with Gasteiger partial charge in [-0.3, -0.25) is 9.59 Å². The second-order valence-corrected chi connectivity index (χ2v) is 8.77. The van der Waals surface area contributed by atoms with Gasteiger partial charge in [0.15, 0.2) is 0 Å². The molecule has 0 atom stereocenters. The number of hydrogen-bond donors (Lipinski definition) is 3. The maximum absolute atomic E-state index is 12.2. The van der Waals surface area contributed by atoms with Crippen LogP contribution in [0.4, 0.5) is 17.1 Å². The zero-order valence-corrected chi connectivity index (χ0v) is 18.0. The van der Waals surface area contributed by atoms with Crippen molar-refractivity contribution in [1.82, 2.24) is 9.55 Å². The van der Waals surface area contributed by atoms with E-state index in [-0.39, 0.29) is 22.8 Å². The number of methoxy groups -OCH3 is 1. The van der Waals surface area contributed by atoms with E-state index in [0.29, 0.717) is 24.4 Å². The molecule has 0 saturated heterocycles. The molecule has 10 nitrogen and oxygen atoms in total. The Morgan fingerprint density at radius 3 is 2.62 bits per heavy atom. The number of benzene rings is 2. The smallest absolute Gasteiger partial charge is 0.253 e.